The molecule has 186 valence electrons. The van der Waals surface area contributed by atoms with Crippen LogP contribution in [0.15, 0.2) is 0 Å². The van der Waals surface area contributed by atoms with Crippen molar-refractivity contribution in [1.82, 2.24) is 0 Å². The van der Waals surface area contributed by atoms with Crippen molar-refractivity contribution in [3.8, 4) is 0 Å². The van der Waals surface area contributed by atoms with Gasteiger partial charge in [-0.1, -0.05) is 117 Å². The number of carbonyl (C=O) groups excluding carboxylic acids is 1. The second-order valence-corrected chi connectivity index (χ2v) is 10.4. The molecule has 0 spiro atoms. The smallest absolute Gasteiger partial charge is 0.315 e. The molecule has 0 aromatic heterocycles. The number of aliphatic hydroxyl groups is 1. The molecule has 0 radical (unpaired) electrons. The summed E-state index contributed by atoms with van der Waals surface area (Å²) in [7, 11) is 0. The van der Waals surface area contributed by atoms with Gasteiger partial charge in [0.1, 0.15) is 0 Å². The average Bonchev–Trinajstić information content (AvgIpc) is 2.78. The highest BCUT2D eigenvalue weighted by Crippen LogP contribution is 2.16. The molecule has 1 N–H and O–H groups in total. The number of aliphatic hydroxyl groups excluding tert-OH is 1. The van der Waals surface area contributed by atoms with Crippen molar-refractivity contribution in [2.45, 2.75) is 142 Å². The molecule has 2 atom stereocenters. The van der Waals surface area contributed by atoms with E-state index >= 15 is 0 Å². The summed E-state index contributed by atoms with van der Waals surface area (Å²) in [5, 5.41) is 9.75. The van der Waals surface area contributed by atoms with Crippen LogP contribution in [-0.4, -0.2) is 35.3 Å². The monoisotopic (exact) mass is 458 g/mol. The molecular formula is C27H54O3S. The minimum absolute atomic E-state index is 0.0883. The van der Waals surface area contributed by atoms with Gasteiger partial charge in [0.2, 0.25) is 0 Å². The Morgan fingerprint density at radius 2 is 1.23 bits per heavy atom. The van der Waals surface area contributed by atoms with Crippen molar-refractivity contribution in [3.05, 3.63) is 0 Å². The summed E-state index contributed by atoms with van der Waals surface area (Å²) in [4.78, 5) is 11.7. The maximum absolute atomic E-state index is 11.7. The van der Waals surface area contributed by atoms with Crippen LogP contribution in [0.2, 0.25) is 0 Å². The fourth-order valence-electron chi connectivity index (χ4n) is 3.90. The molecule has 0 saturated carbocycles. The number of unbranched alkanes of at least 4 members (excludes halogenated alkanes) is 15. The van der Waals surface area contributed by atoms with E-state index in [1.165, 1.54) is 96.3 Å². The first-order valence-corrected chi connectivity index (χ1v) is 14.7. The Kier molecular flexibility index (Phi) is 24.2. The lowest BCUT2D eigenvalue weighted by atomic mass is 10.0. The predicted molar refractivity (Wildman–Crippen MR) is 138 cm³/mol. The molecule has 0 bridgehead atoms. The van der Waals surface area contributed by atoms with E-state index in [9.17, 15) is 9.90 Å². The zero-order valence-corrected chi connectivity index (χ0v) is 22.0. The molecular weight excluding hydrogens is 404 g/mol. The largest absolute Gasteiger partial charge is 0.465 e. The highest BCUT2D eigenvalue weighted by Gasteiger charge is 2.12. The standard InChI is InChI=1S/C27H54O3S/c1-4-6-7-8-9-10-11-12-13-14-15-16-17-18-19-20-22-30-27(29)24-31-23-21-25(3)26(28)5-2/h25-26,28H,4-24H2,1-3H3. The summed E-state index contributed by atoms with van der Waals surface area (Å²) in [5.74, 6) is 1.56. The van der Waals surface area contributed by atoms with Gasteiger partial charge in [-0.05, 0) is 30.9 Å². The highest BCUT2D eigenvalue weighted by molar-refractivity contribution is 7.99. The minimum atomic E-state index is -0.220. The summed E-state index contributed by atoms with van der Waals surface area (Å²) in [6.07, 6.45) is 23.2. The van der Waals surface area contributed by atoms with Crippen LogP contribution in [0.5, 0.6) is 0 Å². The first kappa shape index (κ1) is 30.8. The van der Waals surface area contributed by atoms with E-state index in [1.54, 1.807) is 11.8 Å². The Bertz CT molecular complexity index is 375. The Morgan fingerprint density at radius 1 is 0.774 bits per heavy atom. The molecule has 2 unspecified atom stereocenters. The van der Waals surface area contributed by atoms with Crippen LogP contribution in [0.4, 0.5) is 0 Å². The molecule has 0 aromatic carbocycles. The fraction of sp³-hybridized carbons (Fsp3) is 0.963. The van der Waals surface area contributed by atoms with Crippen LogP contribution in [0.1, 0.15) is 136 Å². The summed E-state index contributed by atoms with van der Waals surface area (Å²) in [6, 6.07) is 0. The number of hydrogen-bond donors (Lipinski definition) is 1. The first-order chi connectivity index (χ1) is 15.1. The van der Waals surface area contributed by atoms with E-state index in [0.717, 1.165) is 25.0 Å². The van der Waals surface area contributed by atoms with Crippen molar-refractivity contribution in [1.29, 1.82) is 0 Å². The lowest BCUT2D eigenvalue weighted by Crippen LogP contribution is -2.17. The lowest BCUT2D eigenvalue weighted by molar-refractivity contribution is -0.140. The van der Waals surface area contributed by atoms with Crippen LogP contribution in [-0.2, 0) is 9.53 Å². The molecule has 0 aliphatic carbocycles. The number of hydrogen-bond acceptors (Lipinski definition) is 4. The first-order valence-electron chi connectivity index (χ1n) is 13.5. The van der Waals surface area contributed by atoms with Crippen LogP contribution >= 0.6 is 11.8 Å². The second kappa shape index (κ2) is 24.4. The third-order valence-electron chi connectivity index (χ3n) is 6.27. The summed E-state index contributed by atoms with van der Waals surface area (Å²) >= 11 is 1.62. The number of rotatable bonds is 24. The molecule has 0 saturated heterocycles. The predicted octanol–water partition coefficient (Wildman–Crippen LogP) is 8.32. The van der Waals surface area contributed by atoms with E-state index in [1.807, 2.05) is 6.92 Å². The van der Waals surface area contributed by atoms with Gasteiger partial charge in [0.15, 0.2) is 0 Å². The van der Waals surface area contributed by atoms with Gasteiger partial charge < -0.3 is 9.84 Å². The molecule has 3 nitrogen and oxygen atoms in total. The summed E-state index contributed by atoms with van der Waals surface area (Å²) < 4.78 is 5.33. The Hall–Kier alpha value is -0.220. The summed E-state index contributed by atoms with van der Waals surface area (Å²) in [6.45, 7) is 6.93. The molecule has 0 aliphatic heterocycles. The molecule has 0 heterocycles. The van der Waals surface area contributed by atoms with Crippen LogP contribution in [0, 0.1) is 5.92 Å². The van der Waals surface area contributed by atoms with Crippen molar-refractivity contribution >= 4 is 17.7 Å². The molecule has 0 fully saturated rings. The van der Waals surface area contributed by atoms with Gasteiger partial charge >= 0.3 is 5.97 Å². The maximum Gasteiger partial charge on any atom is 0.315 e. The van der Waals surface area contributed by atoms with E-state index in [-0.39, 0.29) is 12.1 Å². The van der Waals surface area contributed by atoms with E-state index in [4.69, 9.17) is 4.74 Å². The normalized spacial score (nSPS) is 13.3. The Morgan fingerprint density at radius 3 is 1.68 bits per heavy atom. The van der Waals surface area contributed by atoms with Crippen molar-refractivity contribution in [2.24, 2.45) is 5.92 Å². The number of thioether (sulfide) groups is 1. The van der Waals surface area contributed by atoms with Gasteiger partial charge in [0.05, 0.1) is 18.5 Å². The molecule has 4 heteroatoms. The zero-order chi connectivity index (χ0) is 23.0. The van der Waals surface area contributed by atoms with E-state index in [0.29, 0.717) is 18.3 Å². The van der Waals surface area contributed by atoms with Gasteiger partial charge in [-0.3, -0.25) is 4.79 Å². The Labute approximate surface area is 198 Å². The van der Waals surface area contributed by atoms with Crippen LogP contribution in [0.25, 0.3) is 0 Å². The number of ether oxygens (including phenoxy) is 1. The van der Waals surface area contributed by atoms with Crippen molar-refractivity contribution in [3.63, 3.8) is 0 Å². The maximum atomic E-state index is 11.7. The van der Waals surface area contributed by atoms with Crippen molar-refractivity contribution in [2.75, 3.05) is 18.1 Å². The van der Waals surface area contributed by atoms with Crippen LogP contribution < -0.4 is 0 Å². The molecule has 31 heavy (non-hydrogen) atoms. The third-order valence-corrected chi connectivity index (χ3v) is 7.24. The van der Waals surface area contributed by atoms with E-state index < -0.39 is 0 Å². The fourth-order valence-corrected chi connectivity index (χ4v) is 4.83. The van der Waals surface area contributed by atoms with Crippen molar-refractivity contribution < 1.29 is 14.6 Å². The summed E-state index contributed by atoms with van der Waals surface area (Å²) in [5.41, 5.74) is 0. The zero-order valence-electron chi connectivity index (χ0n) is 21.2. The van der Waals surface area contributed by atoms with Gasteiger partial charge in [-0.2, -0.15) is 11.8 Å². The van der Waals surface area contributed by atoms with E-state index in [2.05, 4.69) is 13.8 Å². The van der Waals surface area contributed by atoms with Gasteiger partial charge in [0.25, 0.3) is 0 Å². The quantitative estimate of drug-likeness (QED) is 0.117. The minimum Gasteiger partial charge on any atom is -0.465 e. The number of esters is 1. The third kappa shape index (κ3) is 22.8. The second-order valence-electron chi connectivity index (χ2n) is 9.32. The average molecular weight is 459 g/mol. The molecule has 0 rings (SSSR count). The number of carbonyl (C=O) groups is 1. The van der Waals surface area contributed by atoms with Gasteiger partial charge in [-0.25, -0.2) is 0 Å². The molecule has 0 amide bonds. The molecule has 0 aromatic rings. The SMILES string of the molecule is CCCCCCCCCCCCCCCCCCOC(=O)CSCCC(C)C(O)CC. The Balaban J connectivity index is 3.21. The van der Waals surface area contributed by atoms with Gasteiger partial charge in [-0.15, -0.1) is 0 Å². The van der Waals surface area contributed by atoms with Gasteiger partial charge in [0, 0.05) is 0 Å². The van der Waals surface area contributed by atoms with Crippen LogP contribution in [0.3, 0.4) is 0 Å². The lowest BCUT2D eigenvalue weighted by Gasteiger charge is -2.16. The highest BCUT2D eigenvalue weighted by atomic mass is 32.2. The molecule has 0 aliphatic rings. The topological polar surface area (TPSA) is 46.5 Å².